The zero-order valence-corrected chi connectivity index (χ0v) is 18.2. The number of carbonyl (C=O) groups excluding carboxylic acids is 2. The molecule has 1 aliphatic heterocycles. The molecule has 0 unspecified atom stereocenters. The Labute approximate surface area is 188 Å². The monoisotopic (exact) mass is 455 g/mol. The normalized spacial score (nSPS) is 15.6. The van der Waals surface area contributed by atoms with Crippen LogP contribution >= 0.6 is 22.9 Å². The average Bonchev–Trinajstić information content (AvgIpc) is 3.44. The summed E-state index contributed by atoms with van der Waals surface area (Å²) in [6.07, 6.45) is 0.515. The van der Waals surface area contributed by atoms with E-state index in [1.54, 1.807) is 23.5 Å². The first-order valence-electron chi connectivity index (χ1n) is 9.63. The summed E-state index contributed by atoms with van der Waals surface area (Å²) in [5.74, 6) is -1.56. The van der Waals surface area contributed by atoms with Crippen LogP contribution in [-0.4, -0.2) is 41.0 Å². The van der Waals surface area contributed by atoms with Gasteiger partial charge in [0.15, 0.2) is 0 Å². The van der Waals surface area contributed by atoms with E-state index in [4.69, 9.17) is 11.6 Å². The molecule has 1 aliphatic rings. The number of carbonyl (C=O) groups is 2. The van der Waals surface area contributed by atoms with Crippen LogP contribution in [0.2, 0.25) is 5.02 Å². The van der Waals surface area contributed by atoms with Gasteiger partial charge in [-0.3, -0.25) is 9.59 Å². The first-order valence-corrected chi connectivity index (χ1v) is 10.9. The van der Waals surface area contributed by atoms with Crippen LogP contribution in [0.5, 0.6) is 0 Å². The largest absolute Gasteiger partial charge is 0.332 e. The zero-order chi connectivity index (χ0) is 22.0. The van der Waals surface area contributed by atoms with Crippen molar-refractivity contribution in [2.45, 2.75) is 12.5 Å². The molecule has 1 atom stereocenters. The van der Waals surface area contributed by atoms with Gasteiger partial charge in [-0.2, -0.15) is 5.10 Å². The van der Waals surface area contributed by atoms with E-state index in [0.29, 0.717) is 11.4 Å². The Balaban J connectivity index is 1.59. The number of benzene rings is 2. The van der Waals surface area contributed by atoms with Gasteiger partial charge in [-0.15, -0.1) is 11.3 Å². The first kappa shape index (κ1) is 21.2. The summed E-state index contributed by atoms with van der Waals surface area (Å²) in [6.45, 7) is -0.241. The Morgan fingerprint density at radius 3 is 2.61 bits per heavy atom. The summed E-state index contributed by atoms with van der Waals surface area (Å²) >= 11 is 7.95. The van der Waals surface area contributed by atoms with Crippen molar-refractivity contribution in [3.63, 3.8) is 0 Å². The van der Waals surface area contributed by atoms with Crippen LogP contribution in [0.25, 0.3) is 0 Å². The molecule has 2 heterocycles. The summed E-state index contributed by atoms with van der Waals surface area (Å²) in [4.78, 5) is 28.0. The van der Waals surface area contributed by atoms with Crippen molar-refractivity contribution in [2.24, 2.45) is 5.10 Å². The molecule has 5 nitrogen and oxygen atoms in total. The van der Waals surface area contributed by atoms with E-state index in [1.165, 1.54) is 35.2 Å². The minimum absolute atomic E-state index is 0.0790. The highest BCUT2D eigenvalue weighted by Gasteiger charge is 2.35. The molecule has 0 aliphatic carbocycles. The molecule has 0 saturated heterocycles. The van der Waals surface area contributed by atoms with Crippen molar-refractivity contribution >= 4 is 40.5 Å². The van der Waals surface area contributed by atoms with Crippen molar-refractivity contribution in [1.82, 2.24) is 9.91 Å². The molecule has 0 bridgehead atoms. The molecule has 2 aromatic carbocycles. The van der Waals surface area contributed by atoms with Gasteiger partial charge in [0.1, 0.15) is 12.4 Å². The van der Waals surface area contributed by atoms with Gasteiger partial charge in [-0.1, -0.05) is 48.0 Å². The number of amides is 2. The molecule has 0 radical (unpaired) electrons. The average molecular weight is 456 g/mol. The molecule has 158 valence electrons. The second kappa shape index (κ2) is 8.99. The number of halogens is 2. The standard InChI is InChI=1S/C23H19ClFN3O2S/c1-27(23(30)16-8-3-5-10-18(16)25)14-22(29)28-20(15-7-2-4-9-17(15)24)13-19(26-28)21-11-6-12-31-21/h2-12,20H,13-14H2,1H3/t20-/m0/s1. The molecule has 2 amide bonds. The number of likely N-dealkylation sites (N-methyl/N-ethyl adjacent to an activating group) is 1. The highest BCUT2D eigenvalue weighted by Crippen LogP contribution is 2.37. The van der Waals surface area contributed by atoms with Gasteiger partial charge in [-0.25, -0.2) is 9.40 Å². The number of hydrogen-bond acceptors (Lipinski definition) is 4. The van der Waals surface area contributed by atoms with Gasteiger partial charge in [-0.05, 0) is 35.2 Å². The van der Waals surface area contributed by atoms with Crippen LogP contribution in [0.1, 0.15) is 33.3 Å². The van der Waals surface area contributed by atoms with E-state index in [0.717, 1.165) is 16.2 Å². The molecule has 0 spiro atoms. The third-order valence-electron chi connectivity index (χ3n) is 5.06. The first-order chi connectivity index (χ1) is 15.0. The van der Waals surface area contributed by atoms with Crippen LogP contribution < -0.4 is 0 Å². The molecule has 0 fully saturated rings. The molecule has 0 saturated carbocycles. The zero-order valence-electron chi connectivity index (χ0n) is 16.7. The lowest BCUT2D eigenvalue weighted by Gasteiger charge is -2.25. The lowest BCUT2D eigenvalue weighted by molar-refractivity contribution is -0.133. The third-order valence-corrected chi connectivity index (χ3v) is 6.32. The Morgan fingerprint density at radius 1 is 1.16 bits per heavy atom. The van der Waals surface area contributed by atoms with Gasteiger partial charge < -0.3 is 4.90 Å². The molecular formula is C23H19ClFN3O2S. The predicted octanol–water partition coefficient (Wildman–Crippen LogP) is 4.99. The van der Waals surface area contributed by atoms with Gasteiger partial charge >= 0.3 is 0 Å². The van der Waals surface area contributed by atoms with Crippen molar-refractivity contribution in [2.75, 3.05) is 13.6 Å². The number of nitrogens with zero attached hydrogens (tertiary/aromatic N) is 3. The van der Waals surface area contributed by atoms with E-state index in [1.807, 2.05) is 35.7 Å². The van der Waals surface area contributed by atoms with Crippen molar-refractivity contribution < 1.29 is 14.0 Å². The molecule has 4 rings (SSSR count). The fourth-order valence-electron chi connectivity index (χ4n) is 3.51. The minimum Gasteiger partial charge on any atom is -0.332 e. The van der Waals surface area contributed by atoms with E-state index in [2.05, 4.69) is 5.10 Å². The Kier molecular flexibility index (Phi) is 6.15. The maximum atomic E-state index is 14.0. The highest BCUT2D eigenvalue weighted by atomic mass is 35.5. The lowest BCUT2D eigenvalue weighted by Crippen LogP contribution is -2.39. The maximum absolute atomic E-state index is 14.0. The second-order valence-electron chi connectivity index (χ2n) is 7.14. The van der Waals surface area contributed by atoms with Gasteiger partial charge in [0.2, 0.25) is 0 Å². The summed E-state index contributed by atoms with van der Waals surface area (Å²) in [7, 11) is 1.47. The van der Waals surface area contributed by atoms with Crippen LogP contribution in [0, 0.1) is 5.82 Å². The lowest BCUT2D eigenvalue weighted by atomic mass is 10.0. The van der Waals surface area contributed by atoms with E-state index in [-0.39, 0.29) is 24.1 Å². The van der Waals surface area contributed by atoms with Crippen LogP contribution in [0.4, 0.5) is 4.39 Å². The molecule has 3 aromatic rings. The van der Waals surface area contributed by atoms with Crippen LogP contribution in [-0.2, 0) is 4.79 Å². The topological polar surface area (TPSA) is 53.0 Å². The van der Waals surface area contributed by atoms with Crippen molar-refractivity contribution in [1.29, 1.82) is 0 Å². The van der Waals surface area contributed by atoms with E-state index >= 15 is 0 Å². The second-order valence-corrected chi connectivity index (χ2v) is 8.50. The van der Waals surface area contributed by atoms with Crippen LogP contribution in [0.15, 0.2) is 71.1 Å². The molecule has 0 N–H and O–H groups in total. The van der Waals surface area contributed by atoms with Gasteiger partial charge in [0.05, 0.1) is 22.2 Å². The predicted molar refractivity (Wildman–Crippen MR) is 120 cm³/mol. The minimum atomic E-state index is -0.625. The number of hydrogen-bond donors (Lipinski definition) is 0. The van der Waals surface area contributed by atoms with E-state index in [9.17, 15) is 14.0 Å². The maximum Gasteiger partial charge on any atom is 0.262 e. The summed E-state index contributed by atoms with van der Waals surface area (Å²) in [5.41, 5.74) is 1.50. The Morgan fingerprint density at radius 2 is 1.90 bits per heavy atom. The Bertz CT molecular complexity index is 1150. The molecular weight excluding hydrogens is 437 g/mol. The SMILES string of the molecule is CN(CC(=O)N1N=C(c2cccs2)C[C@H]1c1ccccc1Cl)C(=O)c1ccccc1F. The van der Waals surface area contributed by atoms with Gasteiger partial charge in [0, 0.05) is 18.5 Å². The Hall–Kier alpha value is -3.03. The number of thiophene rings is 1. The fraction of sp³-hybridized carbons (Fsp3) is 0.174. The van der Waals surface area contributed by atoms with Crippen LogP contribution in [0.3, 0.4) is 0 Å². The smallest absolute Gasteiger partial charge is 0.262 e. The van der Waals surface area contributed by atoms with Crippen molar-refractivity contribution in [3.05, 3.63) is 92.9 Å². The third kappa shape index (κ3) is 4.38. The molecule has 8 heteroatoms. The van der Waals surface area contributed by atoms with Gasteiger partial charge in [0.25, 0.3) is 11.8 Å². The summed E-state index contributed by atoms with van der Waals surface area (Å²) in [5, 5.41) is 8.46. The number of hydrazone groups is 1. The van der Waals surface area contributed by atoms with Crippen molar-refractivity contribution in [3.8, 4) is 0 Å². The quantitative estimate of drug-likeness (QED) is 0.544. The summed E-state index contributed by atoms with van der Waals surface area (Å²) < 4.78 is 14.0. The fourth-order valence-corrected chi connectivity index (χ4v) is 4.49. The van der Waals surface area contributed by atoms with E-state index < -0.39 is 11.7 Å². The highest BCUT2D eigenvalue weighted by molar-refractivity contribution is 7.12. The molecule has 1 aromatic heterocycles. The number of rotatable bonds is 5. The molecule has 31 heavy (non-hydrogen) atoms. The summed E-state index contributed by atoms with van der Waals surface area (Å²) in [6, 6.07) is 16.5.